The van der Waals surface area contributed by atoms with Crippen molar-refractivity contribution in [1.29, 1.82) is 0 Å². The lowest BCUT2D eigenvalue weighted by atomic mass is 9.92. The van der Waals surface area contributed by atoms with E-state index in [-0.39, 0.29) is 0 Å². The molecule has 0 aliphatic rings. The Morgan fingerprint density at radius 3 is 1.34 bits per heavy atom. The van der Waals surface area contributed by atoms with Gasteiger partial charge in [-0.2, -0.15) is 0 Å². The fraction of sp³-hybridized carbons (Fsp3) is 0.519. The molecule has 0 saturated heterocycles. The number of hydrogen-bond acceptors (Lipinski definition) is 0. The second-order valence-corrected chi connectivity index (χ2v) is 9.53. The van der Waals surface area contributed by atoms with Crippen molar-refractivity contribution in [3.63, 3.8) is 0 Å². The van der Waals surface area contributed by atoms with Crippen LogP contribution in [-0.2, 0) is 0 Å². The molecule has 0 amide bonds. The molecule has 0 atom stereocenters. The van der Waals surface area contributed by atoms with E-state index < -0.39 is 0 Å². The highest BCUT2D eigenvalue weighted by Crippen LogP contribution is 2.36. The summed E-state index contributed by atoms with van der Waals surface area (Å²) in [6, 6.07) is 13.5. The summed E-state index contributed by atoms with van der Waals surface area (Å²) in [5, 5.41) is 0. The predicted molar refractivity (Wildman–Crippen MR) is 130 cm³/mol. The highest BCUT2D eigenvalue weighted by molar-refractivity contribution is 5.80. The average molecular weight is 394 g/mol. The molecule has 0 bridgehead atoms. The molecule has 0 radical (unpaired) electrons. The summed E-state index contributed by atoms with van der Waals surface area (Å²) in [4.78, 5) is 2.33. The van der Waals surface area contributed by atoms with Crippen LogP contribution in [-0.4, -0.2) is 25.0 Å². The van der Waals surface area contributed by atoms with Crippen molar-refractivity contribution in [3.05, 3.63) is 58.7 Å². The van der Waals surface area contributed by atoms with Gasteiger partial charge in [-0.05, 0) is 23.7 Å². The second-order valence-electron chi connectivity index (χ2n) is 9.53. The van der Waals surface area contributed by atoms with Crippen molar-refractivity contribution >= 4 is 17.7 Å². The zero-order valence-electron chi connectivity index (χ0n) is 20.2. The third kappa shape index (κ3) is 5.10. The summed E-state index contributed by atoms with van der Waals surface area (Å²) in [6.45, 7) is 18.3. The van der Waals surface area contributed by atoms with Crippen molar-refractivity contribution in [2.45, 2.75) is 79.1 Å². The number of para-hydroxylation sites is 2. The highest BCUT2D eigenvalue weighted by Gasteiger charge is 2.23. The molecular weight excluding hydrogens is 352 g/mol. The van der Waals surface area contributed by atoms with Gasteiger partial charge in [0.05, 0.1) is 14.1 Å². The molecule has 2 nitrogen and oxygen atoms in total. The molecule has 2 aromatic rings. The summed E-state index contributed by atoms with van der Waals surface area (Å²) >= 11 is 0. The molecule has 0 saturated carbocycles. The Hall–Kier alpha value is -2.09. The Labute approximate surface area is 179 Å². The summed E-state index contributed by atoms with van der Waals surface area (Å²) in [7, 11) is 4.38. The van der Waals surface area contributed by atoms with E-state index in [2.05, 4.69) is 122 Å². The van der Waals surface area contributed by atoms with Crippen molar-refractivity contribution < 1.29 is 4.58 Å². The van der Waals surface area contributed by atoms with Gasteiger partial charge in [0.2, 0.25) is 6.34 Å². The van der Waals surface area contributed by atoms with Crippen molar-refractivity contribution in [3.8, 4) is 0 Å². The van der Waals surface area contributed by atoms with E-state index >= 15 is 0 Å². The van der Waals surface area contributed by atoms with E-state index in [9.17, 15) is 0 Å². The average Bonchev–Trinajstić information content (AvgIpc) is 2.66. The molecule has 0 fully saturated rings. The zero-order chi connectivity index (χ0) is 21.9. The Bertz CT molecular complexity index is 804. The van der Waals surface area contributed by atoms with Crippen LogP contribution < -0.4 is 4.90 Å². The number of benzene rings is 2. The monoisotopic (exact) mass is 393 g/mol. The van der Waals surface area contributed by atoms with Crippen LogP contribution in [0.2, 0.25) is 0 Å². The molecule has 29 heavy (non-hydrogen) atoms. The quantitative estimate of drug-likeness (QED) is 0.266. The first-order valence-electron chi connectivity index (χ1n) is 11.1. The molecule has 0 aromatic heterocycles. The third-order valence-electron chi connectivity index (χ3n) is 5.74. The maximum Gasteiger partial charge on any atom is 0.244 e. The molecular formula is C27H41N2+. The third-order valence-corrected chi connectivity index (χ3v) is 5.74. The predicted octanol–water partition coefficient (Wildman–Crippen LogP) is 7.62. The molecule has 0 aliphatic heterocycles. The van der Waals surface area contributed by atoms with Crippen molar-refractivity contribution in [2.75, 3.05) is 19.0 Å². The SMILES string of the molecule is CC(C)c1cccc(C(C)C)c1N(C)C=[N+](C)c1c(C(C)C)cccc1C(C)C. The molecule has 0 N–H and O–H groups in total. The van der Waals surface area contributed by atoms with E-state index in [1.54, 1.807) is 0 Å². The van der Waals surface area contributed by atoms with E-state index in [1.165, 1.54) is 33.6 Å². The van der Waals surface area contributed by atoms with Crippen LogP contribution in [0.3, 0.4) is 0 Å². The van der Waals surface area contributed by atoms with Crippen LogP contribution in [0.1, 0.15) is 101 Å². The lowest BCUT2D eigenvalue weighted by Crippen LogP contribution is -2.24. The Morgan fingerprint density at radius 1 is 0.655 bits per heavy atom. The van der Waals surface area contributed by atoms with Crippen LogP contribution in [0, 0.1) is 0 Å². The largest absolute Gasteiger partial charge is 0.244 e. The minimum atomic E-state index is 0.485. The minimum Gasteiger partial charge on any atom is -0.236 e. The fourth-order valence-electron chi connectivity index (χ4n) is 4.21. The molecule has 2 heteroatoms. The van der Waals surface area contributed by atoms with E-state index in [1.807, 2.05) is 0 Å². The fourth-order valence-corrected chi connectivity index (χ4v) is 4.21. The molecule has 0 spiro atoms. The number of nitrogens with zero attached hydrogens (tertiary/aromatic N) is 2. The smallest absolute Gasteiger partial charge is 0.236 e. The Morgan fingerprint density at radius 2 is 1.00 bits per heavy atom. The topological polar surface area (TPSA) is 6.25 Å². The van der Waals surface area contributed by atoms with Gasteiger partial charge >= 0.3 is 0 Å². The van der Waals surface area contributed by atoms with E-state index in [0.717, 1.165) is 0 Å². The first-order chi connectivity index (χ1) is 13.6. The maximum atomic E-state index is 2.33. The maximum absolute atomic E-state index is 2.33. The van der Waals surface area contributed by atoms with Gasteiger partial charge in [0, 0.05) is 22.3 Å². The molecule has 0 heterocycles. The van der Waals surface area contributed by atoms with Gasteiger partial charge in [0.15, 0.2) is 0 Å². The lowest BCUT2D eigenvalue weighted by molar-refractivity contribution is -0.402. The Balaban J connectivity index is 2.66. The minimum absolute atomic E-state index is 0.485. The van der Waals surface area contributed by atoms with Gasteiger partial charge in [0.25, 0.3) is 0 Å². The molecule has 2 rings (SSSR count). The van der Waals surface area contributed by atoms with Crippen LogP contribution in [0.25, 0.3) is 0 Å². The van der Waals surface area contributed by atoms with Gasteiger partial charge in [-0.25, -0.2) is 9.48 Å². The zero-order valence-corrected chi connectivity index (χ0v) is 20.2. The van der Waals surface area contributed by atoms with Gasteiger partial charge in [-0.15, -0.1) is 0 Å². The molecule has 0 unspecified atom stereocenters. The van der Waals surface area contributed by atoms with Gasteiger partial charge in [-0.3, -0.25) is 0 Å². The summed E-state index contributed by atoms with van der Waals surface area (Å²) in [5.41, 5.74) is 8.32. The molecule has 158 valence electrons. The normalized spacial score (nSPS) is 12.6. The van der Waals surface area contributed by atoms with Gasteiger partial charge in [0.1, 0.15) is 11.4 Å². The second kappa shape index (κ2) is 9.61. The number of anilines is 1. The molecule has 2 aromatic carbocycles. The highest BCUT2D eigenvalue weighted by atomic mass is 15.2. The Kier molecular flexibility index (Phi) is 7.68. The summed E-state index contributed by atoms with van der Waals surface area (Å²) in [5.74, 6) is 1.94. The number of rotatable bonds is 7. The van der Waals surface area contributed by atoms with Crippen LogP contribution in [0.5, 0.6) is 0 Å². The van der Waals surface area contributed by atoms with Gasteiger partial charge < -0.3 is 0 Å². The van der Waals surface area contributed by atoms with E-state index in [4.69, 9.17) is 0 Å². The first kappa shape index (κ1) is 23.2. The van der Waals surface area contributed by atoms with Crippen LogP contribution >= 0.6 is 0 Å². The molecule has 0 aliphatic carbocycles. The van der Waals surface area contributed by atoms with Crippen LogP contribution in [0.4, 0.5) is 11.4 Å². The summed E-state index contributed by atoms with van der Waals surface area (Å²) < 4.78 is 2.33. The van der Waals surface area contributed by atoms with E-state index in [0.29, 0.717) is 23.7 Å². The van der Waals surface area contributed by atoms with Crippen LogP contribution in [0.15, 0.2) is 36.4 Å². The standard InChI is InChI=1S/C27H41N2/c1-18(2)22-13-11-14-23(19(3)4)26(22)28(9)17-29(10)27-24(20(5)6)15-12-16-25(27)21(7)8/h11-21H,1-10H3/q+1. The first-order valence-corrected chi connectivity index (χ1v) is 11.1. The van der Waals surface area contributed by atoms with Crippen molar-refractivity contribution in [1.82, 2.24) is 0 Å². The number of hydrogen-bond donors (Lipinski definition) is 0. The lowest BCUT2D eigenvalue weighted by Gasteiger charge is -2.22. The van der Waals surface area contributed by atoms with Gasteiger partial charge in [-0.1, -0.05) is 91.8 Å². The summed E-state index contributed by atoms with van der Waals surface area (Å²) in [6.07, 6.45) is 2.26. The van der Waals surface area contributed by atoms with Crippen molar-refractivity contribution in [2.24, 2.45) is 0 Å².